The van der Waals surface area contributed by atoms with Crippen molar-refractivity contribution in [3.63, 3.8) is 0 Å². The van der Waals surface area contributed by atoms with Crippen LogP contribution < -0.4 is 5.32 Å². The number of nitrogens with one attached hydrogen (secondary N) is 1. The van der Waals surface area contributed by atoms with Crippen LogP contribution in [-0.4, -0.2) is 49.2 Å². The van der Waals surface area contributed by atoms with E-state index in [9.17, 15) is 4.79 Å². The number of rotatable bonds is 3. The molecule has 0 aromatic heterocycles. The Morgan fingerprint density at radius 2 is 2.27 bits per heavy atom. The van der Waals surface area contributed by atoms with Gasteiger partial charge in [-0.25, -0.2) is 0 Å². The van der Waals surface area contributed by atoms with Crippen LogP contribution in [0.15, 0.2) is 0 Å². The highest BCUT2D eigenvalue weighted by Gasteiger charge is 2.36. The normalized spacial score (nSPS) is 32.7. The van der Waals surface area contributed by atoms with Crippen molar-refractivity contribution < 1.29 is 9.53 Å². The molecule has 15 heavy (non-hydrogen) atoms. The number of nitrogens with zero attached hydrogens (tertiary/aromatic N) is 1. The Hall–Kier alpha value is -0.610. The summed E-state index contributed by atoms with van der Waals surface area (Å²) in [6.45, 7) is 4.22. The molecule has 2 unspecified atom stereocenters. The molecule has 2 aliphatic rings. The summed E-state index contributed by atoms with van der Waals surface area (Å²) in [5.74, 6) is -0.113. The summed E-state index contributed by atoms with van der Waals surface area (Å²) >= 11 is 0. The quantitative estimate of drug-likeness (QED) is 0.686. The molecule has 4 nitrogen and oxygen atoms in total. The molecule has 0 amide bonds. The second-order valence-electron chi connectivity index (χ2n) is 4.66. The molecular formula is C11H20N2O2. The number of carbonyl (C=O) groups excluding carboxylic acids is 1. The van der Waals surface area contributed by atoms with Gasteiger partial charge in [0.1, 0.15) is 0 Å². The summed E-state index contributed by atoms with van der Waals surface area (Å²) in [6, 6.07) is 1.66. The number of ether oxygens (including phenoxy) is 1. The lowest BCUT2D eigenvalue weighted by Crippen LogP contribution is -2.56. The third-order valence-electron chi connectivity index (χ3n) is 3.36. The Morgan fingerprint density at radius 3 is 2.87 bits per heavy atom. The molecule has 0 bridgehead atoms. The van der Waals surface area contributed by atoms with Gasteiger partial charge in [-0.05, 0) is 19.8 Å². The van der Waals surface area contributed by atoms with Gasteiger partial charge < -0.3 is 10.1 Å². The second-order valence-corrected chi connectivity index (χ2v) is 4.66. The van der Waals surface area contributed by atoms with E-state index in [1.165, 1.54) is 20.0 Å². The fourth-order valence-corrected chi connectivity index (χ4v) is 2.29. The Balaban J connectivity index is 1.84. The fraction of sp³-hybridized carbons (Fsp3) is 0.909. The van der Waals surface area contributed by atoms with Crippen molar-refractivity contribution in [3.8, 4) is 0 Å². The van der Waals surface area contributed by atoms with E-state index in [0.29, 0.717) is 12.5 Å². The van der Waals surface area contributed by atoms with Crippen molar-refractivity contribution in [2.75, 3.05) is 20.2 Å². The highest BCUT2D eigenvalue weighted by Crippen LogP contribution is 2.30. The number of methoxy groups -OCH3 is 1. The van der Waals surface area contributed by atoms with Gasteiger partial charge in [0.25, 0.3) is 0 Å². The molecule has 4 heteroatoms. The van der Waals surface area contributed by atoms with Crippen molar-refractivity contribution in [2.24, 2.45) is 0 Å². The average molecular weight is 212 g/mol. The molecule has 1 saturated carbocycles. The summed E-state index contributed by atoms with van der Waals surface area (Å²) in [4.78, 5) is 13.7. The average Bonchev–Trinajstić information content (AvgIpc) is 3.04. The summed E-state index contributed by atoms with van der Waals surface area (Å²) < 4.78 is 4.69. The summed E-state index contributed by atoms with van der Waals surface area (Å²) in [7, 11) is 1.45. The van der Waals surface area contributed by atoms with Crippen LogP contribution in [0.5, 0.6) is 0 Å². The van der Waals surface area contributed by atoms with E-state index in [1.54, 1.807) is 0 Å². The lowest BCUT2D eigenvalue weighted by Gasteiger charge is -2.38. The van der Waals surface area contributed by atoms with Crippen LogP contribution in [0.3, 0.4) is 0 Å². The minimum absolute atomic E-state index is 0.113. The van der Waals surface area contributed by atoms with Gasteiger partial charge in [0.05, 0.1) is 13.5 Å². The van der Waals surface area contributed by atoms with E-state index >= 15 is 0 Å². The van der Waals surface area contributed by atoms with Crippen molar-refractivity contribution in [1.82, 2.24) is 10.2 Å². The zero-order chi connectivity index (χ0) is 10.8. The van der Waals surface area contributed by atoms with Crippen LogP contribution in [0, 0.1) is 0 Å². The third kappa shape index (κ3) is 2.69. The van der Waals surface area contributed by atoms with Crippen LogP contribution in [0.4, 0.5) is 0 Å². The van der Waals surface area contributed by atoms with Crippen LogP contribution >= 0.6 is 0 Å². The highest BCUT2D eigenvalue weighted by atomic mass is 16.5. The summed E-state index contributed by atoms with van der Waals surface area (Å²) in [5.41, 5.74) is 0. The van der Waals surface area contributed by atoms with Crippen molar-refractivity contribution in [1.29, 1.82) is 0 Å². The van der Waals surface area contributed by atoms with Gasteiger partial charge >= 0.3 is 5.97 Å². The van der Waals surface area contributed by atoms with E-state index < -0.39 is 0 Å². The van der Waals surface area contributed by atoms with Crippen LogP contribution in [0.25, 0.3) is 0 Å². The predicted molar refractivity (Wildman–Crippen MR) is 57.6 cm³/mol. The Kier molecular flexibility index (Phi) is 3.26. The number of carbonyl (C=O) groups is 1. The molecular weight excluding hydrogens is 192 g/mol. The number of hydrogen-bond donors (Lipinski definition) is 1. The summed E-state index contributed by atoms with van der Waals surface area (Å²) in [5, 5.41) is 3.40. The van der Waals surface area contributed by atoms with Gasteiger partial charge in [0.15, 0.2) is 0 Å². The van der Waals surface area contributed by atoms with Gasteiger partial charge in [0, 0.05) is 31.2 Å². The van der Waals surface area contributed by atoms with Crippen LogP contribution in [0.2, 0.25) is 0 Å². The SMILES string of the molecule is COC(=O)CC1CN(C2CC2)C(C)CN1. The monoisotopic (exact) mass is 212 g/mol. The molecule has 1 aliphatic heterocycles. The lowest BCUT2D eigenvalue weighted by molar-refractivity contribution is -0.141. The smallest absolute Gasteiger partial charge is 0.307 e. The van der Waals surface area contributed by atoms with Gasteiger partial charge in [-0.3, -0.25) is 9.69 Å². The Morgan fingerprint density at radius 1 is 1.53 bits per heavy atom. The molecule has 1 saturated heterocycles. The number of hydrogen-bond acceptors (Lipinski definition) is 4. The minimum Gasteiger partial charge on any atom is -0.469 e. The molecule has 0 radical (unpaired) electrons. The largest absolute Gasteiger partial charge is 0.469 e. The van der Waals surface area contributed by atoms with E-state index in [4.69, 9.17) is 4.74 Å². The molecule has 0 aromatic carbocycles. The predicted octanol–water partition coefficient (Wildman–Crippen LogP) is 0.374. The maximum Gasteiger partial charge on any atom is 0.307 e. The van der Waals surface area contributed by atoms with Gasteiger partial charge in [-0.1, -0.05) is 0 Å². The van der Waals surface area contributed by atoms with Crippen LogP contribution in [0.1, 0.15) is 26.2 Å². The van der Waals surface area contributed by atoms with Crippen molar-refractivity contribution >= 4 is 5.97 Å². The first-order chi connectivity index (χ1) is 7.20. The van der Waals surface area contributed by atoms with Gasteiger partial charge in [-0.15, -0.1) is 0 Å². The van der Waals surface area contributed by atoms with Gasteiger partial charge in [-0.2, -0.15) is 0 Å². The summed E-state index contributed by atoms with van der Waals surface area (Å²) in [6.07, 6.45) is 3.15. The first-order valence-corrected chi connectivity index (χ1v) is 5.76. The Labute approximate surface area is 91.0 Å². The van der Waals surface area contributed by atoms with Crippen LogP contribution in [-0.2, 0) is 9.53 Å². The molecule has 0 spiro atoms. The molecule has 2 fully saturated rings. The first-order valence-electron chi connectivity index (χ1n) is 5.76. The topological polar surface area (TPSA) is 41.6 Å². The van der Waals surface area contributed by atoms with E-state index in [0.717, 1.165) is 19.1 Å². The fourth-order valence-electron chi connectivity index (χ4n) is 2.29. The standard InChI is InChI=1S/C11H20N2O2/c1-8-6-12-9(5-11(14)15-2)7-13(8)10-3-4-10/h8-10,12H,3-7H2,1-2H3. The molecule has 1 aliphatic carbocycles. The molecule has 1 N–H and O–H groups in total. The third-order valence-corrected chi connectivity index (χ3v) is 3.36. The molecule has 86 valence electrons. The number of piperazine rings is 1. The zero-order valence-electron chi connectivity index (χ0n) is 9.53. The Bertz CT molecular complexity index is 241. The number of esters is 1. The highest BCUT2D eigenvalue weighted by molar-refractivity contribution is 5.69. The van der Waals surface area contributed by atoms with Crippen molar-refractivity contribution in [2.45, 2.75) is 44.3 Å². The molecule has 0 aromatic rings. The first kappa shape index (κ1) is 10.9. The van der Waals surface area contributed by atoms with E-state index in [2.05, 4.69) is 17.1 Å². The molecule has 2 rings (SSSR count). The zero-order valence-corrected chi connectivity index (χ0v) is 9.53. The maximum atomic E-state index is 11.2. The second kappa shape index (κ2) is 4.49. The lowest BCUT2D eigenvalue weighted by atomic mass is 10.1. The molecule has 2 atom stereocenters. The van der Waals surface area contributed by atoms with Crippen molar-refractivity contribution in [3.05, 3.63) is 0 Å². The maximum absolute atomic E-state index is 11.2. The van der Waals surface area contributed by atoms with E-state index in [1.807, 2.05) is 0 Å². The minimum atomic E-state index is -0.113. The van der Waals surface area contributed by atoms with Gasteiger partial charge in [0.2, 0.25) is 0 Å². The molecule has 1 heterocycles. The van der Waals surface area contributed by atoms with E-state index in [-0.39, 0.29) is 12.0 Å².